The molecule has 0 fully saturated rings. The van der Waals surface area contributed by atoms with Crippen molar-refractivity contribution in [1.82, 2.24) is 5.32 Å². The second kappa shape index (κ2) is 8.54. The molecule has 4 heteroatoms. The predicted molar refractivity (Wildman–Crippen MR) is 105 cm³/mol. The molecule has 3 aromatic rings. The summed E-state index contributed by atoms with van der Waals surface area (Å²) in [6, 6.07) is 25.3. The maximum Gasteiger partial charge on any atom is 0.261 e. The molecule has 0 bridgehead atoms. The maximum absolute atomic E-state index is 12.2. The molecule has 0 aliphatic heterocycles. The Balaban J connectivity index is 1.56. The van der Waals surface area contributed by atoms with Crippen molar-refractivity contribution in [3.05, 3.63) is 89.4 Å². The summed E-state index contributed by atoms with van der Waals surface area (Å²) in [5.74, 6) is 0.474. The third-order valence-corrected chi connectivity index (χ3v) is 4.42. The molecular weight excluding hydrogens is 346 g/mol. The van der Waals surface area contributed by atoms with Gasteiger partial charge in [-0.15, -0.1) is 0 Å². The van der Waals surface area contributed by atoms with Crippen molar-refractivity contribution in [3.8, 4) is 16.9 Å². The van der Waals surface area contributed by atoms with Crippen LogP contribution in [0.4, 0.5) is 0 Å². The lowest BCUT2D eigenvalue weighted by Crippen LogP contribution is -2.35. The first kappa shape index (κ1) is 18.0. The minimum Gasteiger partial charge on any atom is -0.481 e. The van der Waals surface area contributed by atoms with Crippen LogP contribution in [0.5, 0.6) is 5.75 Å². The van der Waals surface area contributed by atoms with Crippen LogP contribution in [0, 0.1) is 0 Å². The van der Waals surface area contributed by atoms with Crippen molar-refractivity contribution >= 4 is 17.5 Å². The van der Waals surface area contributed by atoms with E-state index in [4.69, 9.17) is 16.3 Å². The lowest BCUT2D eigenvalue weighted by atomic mass is 10.1. The zero-order chi connectivity index (χ0) is 18.4. The third kappa shape index (κ3) is 4.64. The molecule has 0 spiro atoms. The Labute approximate surface area is 158 Å². The number of ether oxygens (including phenoxy) is 1. The molecule has 0 radical (unpaired) electrons. The second-order valence-electron chi connectivity index (χ2n) is 5.96. The monoisotopic (exact) mass is 365 g/mol. The first-order chi connectivity index (χ1) is 12.6. The molecule has 0 saturated heterocycles. The van der Waals surface area contributed by atoms with Crippen molar-refractivity contribution in [3.63, 3.8) is 0 Å². The van der Waals surface area contributed by atoms with Crippen molar-refractivity contribution in [2.45, 2.75) is 19.6 Å². The van der Waals surface area contributed by atoms with E-state index in [2.05, 4.69) is 17.4 Å². The van der Waals surface area contributed by atoms with E-state index in [0.717, 1.165) is 16.7 Å². The van der Waals surface area contributed by atoms with E-state index in [1.54, 1.807) is 13.0 Å². The molecule has 0 aromatic heterocycles. The number of hydrogen-bond acceptors (Lipinski definition) is 2. The molecular formula is C22H20ClNO2. The van der Waals surface area contributed by atoms with Crippen LogP contribution < -0.4 is 10.1 Å². The van der Waals surface area contributed by atoms with E-state index in [1.165, 1.54) is 0 Å². The molecule has 0 aliphatic rings. The van der Waals surface area contributed by atoms with Gasteiger partial charge in [-0.1, -0.05) is 72.3 Å². The molecule has 1 amide bonds. The summed E-state index contributed by atoms with van der Waals surface area (Å²) in [5.41, 5.74) is 3.13. The lowest BCUT2D eigenvalue weighted by molar-refractivity contribution is -0.127. The first-order valence-corrected chi connectivity index (χ1v) is 8.84. The topological polar surface area (TPSA) is 38.3 Å². The number of hydrogen-bond donors (Lipinski definition) is 1. The fourth-order valence-electron chi connectivity index (χ4n) is 2.58. The van der Waals surface area contributed by atoms with Gasteiger partial charge in [0.1, 0.15) is 5.75 Å². The fraction of sp³-hybridized carbons (Fsp3) is 0.136. The highest BCUT2D eigenvalue weighted by Gasteiger charge is 2.14. The number of carbonyl (C=O) groups is 1. The van der Waals surface area contributed by atoms with Gasteiger partial charge in [-0.25, -0.2) is 0 Å². The van der Waals surface area contributed by atoms with Gasteiger partial charge in [0.15, 0.2) is 6.10 Å². The van der Waals surface area contributed by atoms with E-state index >= 15 is 0 Å². The van der Waals surface area contributed by atoms with Crippen LogP contribution in [0.3, 0.4) is 0 Å². The number of benzene rings is 3. The van der Waals surface area contributed by atoms with Crippen LogP contribution in [0.15, 0.2) is 78.9 Å². The number of amides is 1. The van der Waals surface area contributed by atoms with Gasteiger partial charge < -0.3 is 10.1 Å². The van der Waals surface area contributed by atoms with Gasteiger partial charge in [-0.05, 0) is 41.8 Å². The summed E-state index contributed by atoms with van der Waals surface area (Å²) in [6.45, 7) is 2.10. The second-order valence-corrected chi connectivity index (χ2v) is 6.37. The zero-order valence-electron chi connectivity index (χ0n) is 14.5. The largest absolute Gasteiger partial charge is 0.481 e. The molecule has 1 N–H and O–H groups in total. The van der Waals surface area contributed by atoms with Crippen LogP contribution in [0.1, 0.15) is 12.5 Å². The Morgan fingerprint density at radius 2 is 1.54 bits per heavy atom. The van der Waals surface area contributed by atoms with Crippen LogP contribution in [0.2, 0.25) is 5.02 Å². The smallest absolute Gasteiger partial charge is 0.261 e. The van der Waals surface area contributed by atoms with E-state index in [0.29, 0.717) is 17.3 Å². The van der Waals surface area contributed by atoms with Crippen molar-refractivity contribution in [2.75, 3.05) is 0 Å². The molecule has 0 aliphatic carbocycles. The summed E-state index contributed by atoms with van der Waals surface area (Å²) in [6.07, 6.45) is -0.597. The van der Waals surface area contributed by atoms with E-state index in [-0.39, 0.29) is 5.91 Å². The van der Waals surface area contributed by atoms with Crippen LogP contribution >= 0.6 is 11.6 Å². The quantitative estimate of drug-likeness (QED) is 0.660. The normalized spacial score (nSPS) is 11.6. The SMILES string of the molecule is CC(Oc1ccc(-c2ccccc2)cc1)C(=O)NCc1ccccc1Cl. The Kier molecular flexibility index (Phi) is 5.92. The number of halogens is 1. The Morgan fingerprint density at radius 1 is 0.923 bits per heavy atom. The highest BCUT2D eigenvalue weighted by atomic mass is 35.5. The van der Waals surface area contributed by atoms with Crippen LogP contribution in [-0.4, -0.2) is 12.0 Å². The summed E-state index contributed by atoms with van der Waals surface area (Å²) >= 11 is 6.10. The van der Waals surface area contributed by atoms with Crippen LogP contribution in [0.25, 0.3) is 11.1 Å². The molecule has 1 atom stereocenters. The van der Waals surface area contributed by atoms with Crippen molar-refractivity contribution in [2.24, 2.45) is 0 Å². The molecule has 3 nitrogen and oxygen atoms in total. The lowest BCUT2D eigenvalue weighted by Gasteiger charge is -2.15. The predicted octanol–water partition coefficient (Wildman–Crippen LogP) is 5.09. The van der Waals surface area contributed by atoms with Gasteiger partial charge in [-0.2, -0.15) is 0 Å². The molecule has 3 rings (SSSR count). The molecule has 0 saturated carbocycles. The van der Waals surface area contributed by atoms with Gasteiger partial charge >= 0.3 is 0 Å². The van der Waals surface area contributed by atoms with Crippen LogP contribution in [-0.2, 0) is 11.3 Å². The Morgan fingerprint density at radius 3 is 2.23 bits per heavy atom. The van der Waals surface area contributed by atoms with E-state index in [9.17, 15) is 4.79 Å². The summed E-state index contributed by atoms with van der Waals surface area (Å²) in [4.78, 5) is 12.2. The average Bonchev–Trinajstić information content (AvgIpc) is 2.68. The molecule has 3 aromatic carbocycles. The van der Waals surface area contributed by atoms with E-state index < -0.39 is 6.10 Å². The zero-order valence-corrected chi connectivity index (χ0v) is 15.2. The fourth-order valence-corrected chi connectivity index (χ4v) is 2.78. The van der Waals surface area contributed by atoms with Gasteiger partial charge in [0.25, 0.3) is 5.91 Å². The molecule has 0 heterocycles. The molecule has 26 heavy (non-hydrogen) atoms. The minimum absolute atomic E-state index is 0.183. The molecule has 132 valence electrons. The highest BCUT2D eigenvalue weighted by Crippen LogP contribution is 2.22. The number of nitrogens with one attached hydrogen (secondary N) is 1. The summed E-state index contributed by atoms with van der Waals surface area (Å²) < 4.78 is 5.74. The van der Waals surface area contributed by atoms with Gasteiger partial charge in [0.2, 0.25) is 0 Å². The minimum atomic E-state index is -0.597. The first-order valence-electron chi connectivity index (χ1n) is 8.47. The Bertz CT molecular complexity index is 863. The average molecular weight is 366 g/mol. The number of rotatable bonds is 6. The van der Waals surface area contributed by atoms with Crippen molar-refractivity contribution < 1.29 is 9.53 Å². The van der Waals surface area contributed by atoms with Gasteiger partial charge in [0.05, 0.1) is 0 Å². The summed E-state index contributed by atoms with van der Waals surface area (Å²) in [5, 5.41) is 3.49. The standard InChI is InChI=1S/C22H20ClNO2/c1-16(22(25)24-15-19-9-5-6-10-21(19)23)26-20-13-11-18(12-14-20)17-7-3-2-4-8-17/h2-14,16H,15H2,1H3,(H,24,25). The molecule has 1 unspecified atom stereocenters. The van der Waals surface area contributed by atoms with Gasteiger partial charge in [-0.3, -0.25) is 4.79 Å². The highest BCUT2D eigenvalue weighted by molar-refractivity contribution is 6.31. The Hall–Kier alpha value is -2.78. The van der Waals surface area contributed by atoms with Gasteiger partial charge in [0, 0.05) is 11.6 Å². The maximum atomic E-state index is 12.2. The van der Waals surface area contributed by atoms with E-state index in [1.807, 2.05) is 60.7 Å². The third-order valence-electron chi connectivity index (χ3n) is 4.05. The summed E-state index contributed by atoms with van der Waals surface area (Å²) in [7, 11) is 0. The number of carbonyl (C=O) groups excluding carboxylic acids is 1. The van der Waals surface area contributed by atoms with Crippen molar-refractivity contribution in [1.29, 1.82) is 0 Å².